The predicted molar refractivity (Wildman–Crippen MR) is 67.9 cm³/mol. The van der Waals surface area contributed by atoms with Gasteiger partial charge in [0.1, 0.15) is 11.1 Å². The minimum absolute atomic E-state index is 0.296. The van der Waals surface area contributed by atoms with Crippen molar-refractivity contribution in [1.29, 1.82) is 0 Å². The zero-order valence-electron chi connectivity index (χ0n) is 10.3. The molecule has 0 aliphatic carbocycles. The van der Waals surface area contributed by atoms with Crippen LogP contribution in [-0.4, -0.2) is 20.3 Å². The van der Waals surface area contributed by atoms with E-state index in [0.717, 1.165) is 0 Å². The van der Waals surface area contributed by atoms with Crippen LogP contribution < -0.4 is 15.8 Å². The third-order valence-corrected chi connectivity index (χ3v) is 4.25. The smallest absolute Gasteiger partial charge is 0.365 e. The molecule has 1 rings (SSSR count). The summed E-state index contributed by atoms with van der Waals surface area (Å²) < 4.78 is 28.2. The van der Waals surface area contributed by atoms with Crippen molar-refractivity contribution in [3.8, 4) is 5.75 Å². The van der Waals surface area contributed by atoms with Crippen molar-refractivity contribution in [2.24, 2.45) is 0 Å². The third-order valence-electron chi connectivity index (χ3n) is 2.10. The first kappa shape index (κ1) is 14.0. The van der Waals surface area contributed by atoms with Crippen molar-refractivity contribution in [2.75, 3.05) is 26.1 Å². The second-order valence-electron chi connectivity index (χ2n) is 3.26. The van der Waals surface area contributed by atoms with Gasteiger partial charge < -0.3 is 19.5 Å². The molecule has 0 radical (unpaired) electrons. The molecule has 0 heterocycles. The first-order chi connectivity index (χ1) is 8.07. The van der Waals surface area contributed by atoms with Crippen LogP contribution in [-0.2, 0) is 13.6 Å². The quantitative estimate of drug-likeness (QED) is 0.626. The molecule has 0 saturated carbocycles. The van der Waals surface area contributed by atoms with Gasteiger partial charge in [0.05, 0.1) is 20.3 Å². The van der Waals surface area contributed by atoms with Gasteiger partial charge in [0, 0.05) is 11.8 Å². The van der Waals surface area contributed by atoms with Crippen LogP contribution in [0.5, 0.6) is 5.75 Å². The first-order valence-electron chi connectivity index (χ1n) is 5.40. The summed E-state index contributed by atoms with van der Waals surface area (Å²) in [6.45, 7) is 4.11. The molecule has 0 unspecified atom stereocenters. The Morgan fingerprint density at radius 1 is 1.24 bits per heavy atom. The van der Waals surface area contributed by atoms with E-state index < -0.39 is 7.60 Å². The largest absolute Gasteiger partial charge is 0.496 e. The van der Waals surface area contributed by atoms with E-state index in [4.69, 9.17) is 19.5 Å². The summed E-state index contributed by atoms with van der Waals surface area (Å²) in [7, 11) is -1.84. The summed E-state index contributed by atoms with van der Waals surface area (Å²) >= 11 is 0. The minimum atomic E-state index is -3.33. The fourth-order valence-corrected chi connectivity index (χ4v) is 3.15. The summed E-state index contributed by atoms with van der Waals surface area (Å²) in [5, 5.41) is 0.401. The predicted octanol–water partition coefficient (Wildman–Crippen LogP) is 2.17. The fourth-order valence-electron chi connectivity index (χ4n) is 1.44. The standard InChI is InChI=1S/C11H18NO4P/c1-4-15-17(13,16-5-2)11-7-6-9(12)8-10(11)14-3/h6-8H,4-5,12H2,1-3H3. The van der Waals surface area contributed by atoms with Crippen molar-refractivity contribution < 1.29 is 18.3 Å². The molecular formula is C11H18NO4P. The van der Waals surface area contributed by atoms with E-state index in [9.17, 15) is 4.57 Å². The maximum Gasteiger partial charge on any atom is 0.365 e. The lowest BCUT2D eigenvalue weighted by Gasteiger charge is -2.19. The van der Waals surface area contributed by atoms with Gasteiger partial charge in [-0.3, -0.25) is 4.57 Å². The number of ether oxygens (including phenoxy) is 1. The SMILES string of the molecule is CCOP(=O)(OCC)c1ccc(N)cc1OC. The molecule has 0 aromatic heterocycles. The van der Waals surface area contributed by atoms with Crippen LogP contribution in [0.15, 0.2) is 18.2 Å². The van der Waals surface area contributed by atoms with Crippen molar-refractivity contribution in [3.05, 3.63) is 18.2 Å². The molecule has 0 saturated heterocycles. The zero-order chi connectivity index (χ0) is 12.9. The van der Waals surface area contributed by atoms with Crippen molar-refractivity contribution in [2.45, 2.75) is 13.8 Å². The zero-order valence-corrected chi connectivity index (χ0v) is 11.2. The van der Waals surface area contributed by atoms with Crippen LogP contribution in [0.25, 0.3) is 0 Å². The number of nitrogen functional groups attached to an aromatic ring is 1. The highest BCUT2D eigenvalue weighted by molar-refractivity contribution is 7.62. The number of anilines is 1. The molecule has 0 aliphatic heterocycles. The Labute approximate surface area is 101 Å². The Kier molecular flexibility index (Phi) is 5.00. The van der Waals surface area contributed by atoms with Crippen LogP contribution in [0.1, 0.15) is 13.8 Å². The Morgan fingerprint density at radius 3 is 2.29 bits per heavy atom. The van der Waals surface area contributed by atoms with E-state index in [-0.39, 0.29) is 0 Å². The van der Waals surface area contributed by atoms with E-state index in [1.54, 1.807) is 32.0 Å². The summed E-state index contributed by atoms with van der Waals surface area (Å²) in [4.78, 5) is 0. The Hall–Kier alpha value is -1.03. The topological polar surface area (TPSA) is 70.8 Å². The highest BCUT2D eigenvalue weighted by Gasteiger charge is 2.30. The molecule has 17 heavy (non-hydrogen) atoms. The summed E-state index contributed by atoms with van der Waals surface area (Å²) in [5.41, 5.74) is 6.18. The van der Waals surface area contributed by atoms with Crippen molar-refractivity contribution in [1.82, 2.24) is 0 Å². The van der Waals surface area contributed by atoms with E-state index in [0.29, 0.717) is 30.0 Å². The van der Waals surface area contributed by atoms with E-state index in [2.05, 4.69) is 0 Å². The molecule has 0 aliphatic rings. The van der Waals surface area contributed by atoms with Crippen LogP contribution in [0.2, 0.25) is 0 Å². The number of methoxy groups -OCH3 is 1. The van der Waals surface area contributed by atoms with Crippen LogP contribution in [0.4, 0.5) is 5.69 Å². The maximum absolute atomic E-state index is 12.5. The second-order valence-corrected chi connectivity index (χ2v) is 5.26. The Balaban J connectivity index is 3.22. The molecule has 1 aromatic rings. The van der Waals surface area contributed by atoms with Gasteiger partial charge in [-0.2, -0.15) is 0 Å². The van der Waals surface area contributed by atoms with Gasteiger partial charge in [-0.15, -0.1) is 0 Å². The third kappa shape index (κ3) is 3.22. The van der Waals surface area contributed by atoms with Gasteiger partial charge in [0.25, 0.3) is 0 Å². The van der Waals surface area contributed by atoms with Gasteiger partial charge in [0.15, 0.2) is 0 Å². The fraction of sp³-hybridized carbons (Fsp3) is 0.455. The Bertz CT molecular complexity index is 412. The molecular weight excluding hydrogens is 241 g/mol. The average molecular weight is 259 g/mol. The van der Waals surface area contributed by atoms with Crippen molar-refractivity contribution in [3.63, 3.8) is 0 Å². The van der Waals surface area contributed by atoms with E-state index in [1.165, 1.54) is 7.11 Å². The van der Waals surface area contributed by atoms with Crippen LogP contribution in [0.3, 0.4) is 0 Å². The maximum atomic E-state index is 12.5. The lowest BCUT2D eigenvalue weighted by Crippen LogP contribution is -2.13. The van der Waals surface area contributed by atoms with Gasteiger partial charge in [-0.05, 0) is 26.0 Å². The monoisotopic (exact) mass is 259 g/mol. The first-order valence-corrected chi connectivity index (χ1v) is 6.94. The normalized spacial score (nSPS) is 11.5. The van der Waals surface area contributed by atoms with E-state index >= 15 is 0 Å². The van der Waals surface area contributed by atoms with E-state index in [1.807, 2.05) is 0 Å². The summed E-state index contributed by atoms with van der Waals surface area (Å²) in [6, 6.07) is 4.85. The average Bonchev–Trinajstić information content (AvgIpc) is 2.29. The van der Waals surface area contributed by atoms with Crippen LogP contribution in [0, 0.1) is 0 Å². The Morgan fingerprint density at radius 2 is 1.82 bits per heavy atom. The van der Waals surface area contributed by atoms with Gasteiger partial charge in [-0.25, -0.2) is 0 Å². The van der Waals surface area contributed by atoms with Crippen LogP contribution >= 0.6 is 7.60 Å². The summed E-state index contributed by atoms with van der Waals surface area (Å²) in [6.07, 6.45) is 0. The van der Waals surface area contributed by atoms with Gasteiger partial charge in [-0.1, -0.05) is 0 Å². The highest BCUT2D eigenvalue weighted by Crippen LogP contribution is 2.49. The molecule has 0 fully saturated rings. The molecule has 2 N–H and O–H groups in total. The molecule has 0 atom stereocenters. The number of hydrogen-bond donors (Lipinski definition) is 1. The number of benzene rings is 1. The molecule has 0 spiro atoms. The molecule has 0 bridgehead atoms. The minimum Gasteiger partial charge on any atom is -0.496 e. The van der Waals surface area contributed by atoms with Gasteiger partial charge in [0.2, 0.25) is 0 Å². The van der Waals surface area contributed by atoms with Gasteiger partial charge >= 0.3 is 7.60 Å². The number of nitrogens with two attached hydrogens (primary N) is 1. The number of hydrogen-bond acceptors (Lipinski definition) is 5. The number of rotatable bonds is 6. The summed E-state index contributed by atoms with van der Waals surface area (Å²) in [5.74, 6) is 0.412. The van der Waals surface area contributed by atoms with Crippen molar-refractivity contribution >= 4 is 18.6 Å². The lowest BCUT2D eigenvalue weighted by molar-refractivity contribution is 0.229. The molecule has 1 aromatic carbocycles. The molecule has 6 heteroatoms. The molecule has 0 amide bonds. The second kappa shape index (κ2) is 6.05. The molecule has 96 valence electrons. The highest BCUT2D eigenvalue weighted by atomic mass is 31.2. The lowest BCUT2D eigenvalue weighted by atomic mass is 10.3. The molecule has 5 nitrogen and oxygen atoms in total.